The Balaban J connectivity index is 2.14. The number of rotatable bonds is 6. The summed E-state index contributed by atoms with van der Waals surface area (Å²) in [5.41, 5.74) is -1.73. The largest absolute Gasteiger partial charge is 0.481 e. The molecule has 0 aromatic carbocycles. The van der Waals surface area contributed by atoms with Gasteiger partial charge in [-0.2, -0.15) is 13.2 Å². The van der Waals surface area contributed by atoms with E-state index in [1.807, 2.05) is 0 Å². The van der Waals surface area contributed by atoms with Gasteiger partial charge in [0.1, 0.15) is 5.82 Å². The van der Waals surface area contributed by atoms with Gasteiger partial charge in [-0.15, -0.1) is 0 Å². The van der Waals surface area contributed by atoms with E-state index in [1.165, 1.54) is 6.07 Å². The van der Waals surface area contributed by atoms with Gasteiger partial charge in [0.05, 0.1) is 11.0 Å². The Morgan fingerprint density at radius 2 is 2.21 bits per heavy atom. The standard InChI is InChI=1S/C16H21F3N2O3/c1-24-9-3-7-15(14(22)23)6-2-8-21(11-15)13-5-4-12(10-20-13)16(17,18)19/h4-5,10H,2-3,6-9,11H2,1H3,(H,22,23)/t15-/m0/s1. The van der Waals surface area contributed by atoms with Gasteiger partial charge in [-0.25, -0.2) is 4.98 Å². The summed E-state index contributed by atoms with van der Waals surface area (Å²) in [6.07, 6.45) is -1.36. The van der Waals surface area contributed by atoms with Crippen LogP contribution in [0, 0.1) is 5.41 Å². The maximum atomic E-state index is 12.6. The Morgan fingerprint density at radius 1 is 1.46 bits per heavy atom. The smallest absolute Gasteiger partial charge is 0.417 e. The number of hydrogen-bond donors (Lipinski definition) is 1. The van der Waals surface area contributed by atoms with Crippen LogP contribution >= 0.6 is 0 Å². The van der Waals surface area contributed by atoms with E-state index in [9.17, 15) is 23.1 Å². The first-order valence-corrected chi connectivity index (χ1v) is 7.79. The molecular weight excluding hydrogens is 325 g/mol. The Bertz CT molecular complexity index is 563. The van der Waals surface area contributed by atoms with Gasteiger partial charge in [-0.1, -0.05) is 0 Å². The molecule has 1 aliphatic rings. The molecule has 1 aromatic heterocycles. The van der Waals surface area contributed by atoms with Crippen molar-refractivity contribution >= 4 is 11.8 Å². The number of aromatic nitrogens is 1. The van der Waals surface area contributed by atoms with Gasteiger partial charge in [0.2, 0.25) is 0 Å². The lowest BCUT2D eigenvalue weighted by molar-refractivity contribution is -0.150. The van der Waals surface area contributed by atoms with Crippen molar-refractivity contribution in [1.82, 2.24) is 4.98 Å². The fraction of sp³-hybridized carbons (Fsp3) is 0.625. The van der Waals surface area contributed by atoms with Gasteiger partial charge in [-0.3, -0.25) is 4.79 Å². The topological polar surface area (TPSA) is 62.7 Å². The van der Waals surface area contributed by atoms with Gasteiger partial charge >= 0.3 is 12.1 Å². The van der Waals surface area contributed by atoms with Crippen LogP contribution in [0.3, 0.4) is 0 Å². The molecule has 0 saturated carbocycles. The van der Waals surface area contributed by atoms with Crippen LogP contribution in [0.1, 0.15) is 31.2 Å². The predicted molar refractivity (Wildman–Crippen MR) is 81.9 cm³/mol. The van der Waals surface area contributed by atoms with E-state index in [0.29, 0.717) is 44.7 Å². The molecular formula is C16H21F3N2O3. The summed E-state index contributed by atoms with van der Waals surface area (Å²) in [6.45, 7) is 1.30. The van der Waals surface area contributed by atoms with Crippen LogP contribution in [0.25, 0.3) is 0 Å². The molecule has 5 nitrogen and oxygen atoms in total. The van der Waals surface area contributed by atoms with E-state index >= 15 is 0 Å². The SMILES string of the molecule is COCCC[C@@]1(C(=O)O)CCCN(c2ccc(C(F)(F)F)cn2)C1. The van der Waals surface area contributed by atoms with Gasteiger partial charge in [-0.05, 0) is 37.8 Å². The van der Waals surface area contributed by atoms with Gasteiger partial charge in [0, 0.05) is 33.0 Å². The number of nitrogens with zero attached hydrogens (tertiary/aromatic N) is 2. The third-order valence-corrected chi connectivity index (χ3v) is 4.43. The van der Waals surface area contributed by atoms with Crippen LogP contribution < -0.4 is 4.90 Å². The lowest BCUT2D eigenvalue weighted by Gasteiger charge is -2.40. The zero-order valence-electron chi connectivity index (χ0n) is 13.5. The number of carbonyl (C=O) groups is 1. The number of pyridine rings is 1. The van der Waals surface area contributed by atoms with Gasteiger partial charge in [0.15, 0.2) is 0 Å². The predicted octanol–water partition coefficient (Wildman–Crippen LogP) is 3.20. The highest BCUT2D eigenvalue weighted by molar-refractivity contribution is 5.76. The summed E-state index contributed by atoms with van der Waals surface area (Å²) < 4.78 is 42.9. The molecule has 24 heavy (non-hydrogen) atoms. The Labute approximate surface area is 138 Å². The second kappa shape index (κ2) is 7.38. The average Bonchev–Trinajstić information content (AvgIpc) is 2.54. The first kappa shape index (κ1) is 18.5. The van der Waals surface area contributed by atoms with Crippen LogP contribution in [0.4, 0.5) is 19.0 Å². The van der Waals surface area contributed by atoms with Crippen molar-refractivity contribution in [2.45, 2.75) is 31.9 Å². The normalized spacial score (nSPS) is 21.8. The molecule has 0 radical (unpaired) electrons. The quantitative estimate of drug-likeness (QED) is 0.802. The lowest BCUT2D eigenvalue weighted by atomic mass is 9.76. The summed E-state index contributed by atoms with van der Waals surface area (Å²) in [7, 11) is 1.56. The molecule has 0 amide bonds. The van der Waals surface area contributed by atoms with E-state index in [0.717, 1.165) is 12.3 Å². The zero-order chi connectivity index (χ0) is 17.8. The van der Waals surface area contributed by atoms with Crippen LogP contribution in [-0.4, -0.2) is 42.9 Å². The Hall–Kier alpha value is -1.83. The third-order valence-electron chi connectivity index (χ3n) is 4.43. The van der Waals surface area contributed by atoms with Crippen molar-refractivity contribution < 1.29 is 27.8 Å². The van der Waals surface area contributed by atoms with Crippen LogP contribution in [-0.2, 0) is 15.7 Å². The molecule has 1 saturated heterocycles. The van der Waals surface area contributed by atoms with Crippen LogP contribution in [0.15, 0.2) is 18.3 Å². The number of hydrogen-bond acceptors (Lipinski definition) is 4. The minimum absolute atomic E-state index is 0.240. The number of ether oxygens (including phenoxy) is 1. The van der Waals surface area contributed by atoms with Gasteiger partial charge in [0.25, 0.3) is 0 Å². The number of alkyl halides is 3. The maximum Gasteiger partial charge on any atom is 0.417 e. The average molecular weight is 346 g/mol. The van der Waals surface area contributed by atoms with Crippen molar-refractivity contribution in [3.63, 3.8) is 0 Å². The minimum Gasteiger partial charge on any atom is -0.481 e. The van der Waals surface area contributed by atoms with E-state index in [-0.39, 0.29) is 6.54 Å². The Kier molecular flexibility index (Phi) is 5.69. The molecule has 0 unspecified atom stereocenters. The van der Waals surface area contributed by atoms with Crippen molar-refractivity contribution in [3.8, 4) is 0 Å². The first-order valence-electron chi connectivity index (χ1n) is 7.79. The Morgan fingerprint density at radius 3 is 2.75 bits per heavy atom. The summed E-state index contributed by atoms with van der Waals surface area (Å²) >= 11 is 0. The highest BCUT2D eigenvalue weighted by Crippen LogP contribution is 2.37. The summed E-state index contributed by atoms with van der Waals surface area (Å²) in [4.78, 5) is 17.4. The highest BCUT2D eigenvalue weighted by atomic mass is 19.4. The van der Waals surface area contributed by atoms with Gasteiger partial charge < -0.3 is 14.7 Å². The minimum atomic E-state index is -4.43. The van der Waals surface area contributed by atoms with E-state index in [2.05, 4.69) is 4.98 Å². The molecule has 134 valence electrons. The molecule has 2 rings (SSSR count). The van der Waals surface area contributed by atoms with Crippen LogP contribution in [0.2, 0.25) is 0 Å². The molecule has 1 N–H and O–H groups in total. The summed E-state index contributed by atoms with van der Waals surface area (Å²) in [5.74, 6) is -0.504. The lowest BCUT2D eigenvalue weighted by Crippen LogP contribution is -2.48. The summed E-state index contributed by atoms with van der Waals surface area (Å²) in [5, 5.41) is 9.67. The number of aliphatic carboxylic acids is 1. The van der Waals surface area contributed by atoms with Crippen LogP contribution in [0.5, 0.6) is 0 Å². The third kappa shape index (κ3) is 4.17. The molecule has 1 aliphatic heterocycles. The number of halogens is 3. The monoisotopic (exact) mass is 346 g/mol. The molecule has 0 aliphatic carbocycles. The highest BCUT2D eigenvalue weighted by Gasteiger charge is 2.42. The molecule has 0 spiro atoms. The molecule has 1 aromatic rings. The number of methoxy groups -OCH3 is 1. The number of anilines is 1. The van der Waals surface area contributed by atoms with E-state index < -0.39 is 23.1 Å². The van der Waals surface area contributed by atoms with E-state index in [1.54, 1.807) is 12.0 Å². The molecule has 2 heterocycles. The second-order valence-electron chi connectivity index (χ2n) is 6.11. The van der Waals surface area contributed by atoms with E-state index in [4.69, 9.17) is 4.74 Å². The second-order valence-corrected chi connectivity index (χ2v) is 6.11. The van der Waals surface area contributed by atoms with Crippen molar-refractivity contribution in [2.75, 3.05) is 31.7 Å². The fourth-order valence-electron chi connectivity index (χ4n) is 3.11. The number of piperidine rings is 1. The van der Waals surface area contributed by atoms with Crippen molar-refractivity contribution in [3.05, 3.63) is 23.9 Å². The molecule has 1 atom stereocenters. The first-order chi connectivity index (χ1) is 11.3. The molecule has 8 heteroatoms. The zero-order valence-corrected chi connectivity index (χ0v) is 13.5. The van der Waals surface area contributed by atoms with Crippen molar-refractivity contribution in [2.24, 2.45) is 5.41 Å². The van der Waals surface area contributed by atoms with Crippen molar-refractivity contribution in [1.29, 1.82) is 0 Å². The molecule has 1 fully saturated rings. The number of carboxylic acids is 1. The maximum absolute atomic E-state index is 12.6. The summed E-state index contributed by atoms with van der Waals surface area (Å²) in [6, 6.07) is 2.28. The fourth-order valence-corrected chi connectivity index (χ4v) is 3.11. The number of carboxylic acid groups (broad SMARTS) is 1. The molecule has 0 bridgehead atoms.